The van der Waals surface area contributed by atoms with Crippen molar-refractivity contribution in [2.75, 3.05) is 4.90 Å². The minimum atomic E-state index is -4.49. The molecule has 0 unspecified atom stereocenters. The SMILES string of the molecule is CC1(C)C(=O)N(c2ccc(SC(F)(F)F)c(Cl)c2)C(=O)N1Cc1ccncc1. The number of hydrogen-bond donors (Lipinski definition) is 0. The van der Waals surface area contributed by atoms with Gasteiger partial charge in [-0.2, -0.15) is 13.2 Å². The Morgan fingerprint density at radius 3 is 2.36 bits per heavy atom. The molecule has 1 aliphatic heterocycles. The van der Waals surface area contributed by atoms with E-state index in [1.54, 1.807) is 38.4 Å². The van der Waals surface area contributed by atoms with Crippen LogP contribution in [0.1, 0.15) is 19.4 Å². The van der Waals surface area contributed by atoms with Crippen molar-refractivity contribution in [1.82, 2.24) is 9.88 Å². The molecule has 2 aromatic rings. The van der Waals surface area contributed by atoms with E-state index in [4.69, 9.17) is 11.6 Å². The summed E-state index contributed by atoms with van der Waals surface area (Å²) in [6.45, 7) is 3.42. The molecule has 2 heterocycles. The van der Waals surface area contributed by atoms with Crippen molar-refractivity contribution < 1.29 is 22.8 Å². The summed E-state index contributed by atoms with van der Waals surface area (Å²) >= 11 is 5.60. The van der Waals surface area contributed by atoms with Crippen molar-refractivity contribution >= 4 is 41.0 Å². The predicted octanol–water partition coefficient (Wildman–Crippen LogP) is 5.09. The third-order valence-corrected chi connectivity index (χ3v) is 5.54. The Morgan fingerprint density at radius 2 is 1.79 bits per heavy atom. The largest absolute Gasteiger partial charge is 0.446 e. The number of imide groups is 1. The van der Waals surface area contributed by atoms with Crippen molar-refractivity contribution in [1.29, 1.82) is 0 Å². The smallest absolute Gasteiger partial charge is 0.305 e. The first kappa shape index (κ1) is 20.5. The van der Waals surface area contributed by atoms with E-state index in [2.05, 4.69) is 4.98 Å². The van der Waals surface area contributed by atoms with Crippen LogP contribution in [0.4, 0.5) is 23.7 Å². The Balaban J connectivity index is 1.91. The van der Waals surface area contributed by atoms with Crippen LogP contribution in [0.2, 0.25) is 5.02 Å². The lowest BCUT2D eigenvalue weighted by atomic mass is 10.0. The maximum Gasteiger partial charge on any atom is 0.446 e. The van der Waals surface area contributed by atoms with Crippen molar-refractivity contribution in [3.05, 3.63) is 53.3 Å². The monoisotopic (exact) mass is 429 g/mol. The standard InChI is InChI=1S/C18H15ClF3N3O2S/c1-17(2)15(26)25(16(27)24(17)10-11-5-7-23-8-6-11)12-3-4-14(13(19)9-12)28-18(20,21)22/h3-9H,10H2,1-2H3. The molecule has 0 saturated carbocycles. The zero-order valence-corrected chi connectivity index (χ0v) is 16.4. The van der Waals surface area contributed by atoms with Crippen molar-refractivity contribution in [2.45, 2.75) is 36.3 Å². The zero-order chi connectivity index (χ0) is 20.7. The van der Waals surface area contributed by atoms with Crippen LogP contribution in [0.3, 0.4) is 0 Å². The Bertz CT molecular complexity index is 922. The summed E-state index contributed by atoms with van der Waals surface area (Å²) in [5.74, 6) is -0.487. The fourth-order valence-corrected chi connectivity index (χ4v) is 3.67. The summed E-state index contributed by atoms with van der Waals surface area (Å²) in [6, 6.07) is 6.51. The van der Waals surface area contributed by atoms with Crippen LogP contribution in [0.5, 0.6) is 0 Å². The quantitative estimate of drug-likeness (QED) is 0.501. The minimum Gasteiger partial charge on any atom is -0.305 e. The summed E-state index contributed by atoms with van der Waals surface area (Å²) < 4.78 is 37.7. The van der Waals surface area contributed by atoms with Gasteiger partial charge >= 0.3 is 11.5 Å². The van der Waals surface area contributed by atoms with Gasteiger partial charge in [0, 0.05) is 23.8 Å². The summed E-state index contributed by atoms with van der Waals surface area (Å²) in [5, 5.41) is -0.189. The molecule has 0 N–H and O–H groups in total. The van der Waals surface area contributed by atoms with Gasteiger partial charge in [-0.25, -0.2) is 9.69 Å². The van der Waals surface area contributed by atoms with Gasteiger partial charge in [0.25, 0.3) is 5.91 Å². The highest BCUT2D eigenvalue weighted by atomic mass is 35.5. The van der Waals surface area contributed by atoms with E-state index in [1.807, 2.05) is 0 Å². The summed E-state index contributed by atoms with van der Waals surface area (Å²) in [5.41, 5.74) is -4.71. The van der Waals surface area contributed by atoms with Gasteiger partial charge in [-0.05, 0) is 61.5 Å². The highest BCUT2D eigenvalue weighted by Gasteiger charge is 2.51. The van der Waals surface area contributed by atoms with Gasteiger partial charge in [0.15, 0.2) is 0 Å². The molecule has 1 aromatic carbocycles. The van der Waals surface area contributed by atoms with Crippen LogP contribution in [-0.4, -0.2) is 32.9 Å². The molecule has 1 aromatic heterocycles. The van der Waals surface area contributed by atoms with Crippen LogP contribution < -0.4 is 4.90 Å². The lowest BCUT2D eigenvalue weighted by Crippen LogP contribution is -2.43. The molecule has 1 fully saturated rings. The number of anilines is 1. The van der Waals surface area contributed by atoms with E-state index in [0.29, 0.717) is 0 Å². The topological polar surface area (TPSA) is 53.5 Å². The second kappa shape index (κ2) is 7.29. The van der Waals surface area contributed by atoms with Gasteiger partial charge in [-0.15, -0.1) is 0 Å². The molecule has 1 aliphatic rings. The summed E-state index contributed by atoms with van der Waals surface area (Å²) in [4.78, 5) is 31.9. The normalized spacial score (nSPS) is 16.8. The number of hydrogen-bond acceptors (Lipinski definition) is 4. The van der Waals surface area contributed by atoms with Gasteiger partial charge in [0.05, 0.1) is 10.7 Å². The average Bonchev–Trinajstić information content (AvgIpc) is 2.77. The number of alkyl halides is 3. The molecule has 0 radical (unpaired) electrons. The van der Waals surface area contributed by atoms with Crippen molar-refractivity contribution in [2.24, 2.45) is 0 Å². The number of aromatic nitrogens is 1. The molecular weight excluding hydrogens is 415 g/mol. The predicted molar refractivity (Wildman–Crippen MR) is 100 cm³/mol. The van der Waals surface area contributed by atoms with Crippen LogP contribution in [0.25, 0.3) is 0 Å². The number of amides is 3. The second-order valence-corrected chi connectivity index (χ2v) is 8.10. The lowest BCUT2D eigenvalue weighted by Gasteiger charge is -2.27. The van der Waals surface area contributed by atoms with E-state index in [0.717, 1.165) is 16.5 Å². The number of halogens is 4. The van der Waals surface area contributed by atoms with E-state index >= 15 is 0 Å². The van der Waals surface area contributed by atoms with Crippen molar-refractivity contribution in [3.8, 4) is 0 Å². The minimum absolute atomic E-state index is 0.122. The van der Waals surface area contributed by atoms with Gasteiger partial charge in [-0.3, -0.25) is 9.78 Å². The average molecular weight is 430 g/mol. The number of pyridine rings is 1. The molecule has 0 aliphatic carbocycles. The van der Waals surface area contributed by atoms with E-state index < -0.39 is 23.0 Å². The molecule has 0 spiro atoms. The fraction of sp³-hybridized carbons (Fsp3) is 0.278. The maximum absolute atomic E-state index is 12.9. The first-order chi connectivity index (χ1) is 13.0. The third-order valence-electron chi connectivity index (χ3n) is 4.31. The van der Waals surface area contributed by atoms with Gasteiger partial charge in [-0.1, -0.05) is 11.6 Å². The first-order valence-electron chi connectivity index (χ1n) is 8.11. The van der Waals surface area contributed by atoms with Crippen LogP contribution in [-0.2, 0) is 11.3 Å². The molecule has 28 heavy (non-hydrogen) atoms. The maximum atomic E-state index is 12.9. The number of thioether (sulfide) groups is 1. The number of carbonyl (C=O) groups is 2. The lowest BCUT2D eigenvalue weighted by molar-refractivity contribution is -0.123. The third kappa shape index (κ3) is 3.95. The van der Waals surface area contributed by atoms with E-state index in [9.17, 15) is 22.8 Å². The van der Waals surface area contributed by atoms with E-state index in [-0.39, 0.29) is 33.9 Å². The molecule has 0 atom stereocenters. The van der Waals surface area contributed by atoms with Crippen molar-refractivity contribution in [3.63, 3.8) is 0 Å². The van der Waals surface area contributed by atoms with Crippen LogP contribution >= 0.6 is 23.4 Å². The van der Waals surface area contributed by atoms with Gasteiger partial charge < -0.3 is 4.90 Å². The number of benzene rings is 1. The Kier molecular flexibility index (Phi) is 5.33. The van der Waals surface area contributed by atoms with E-state index in [1.165, 1.54) is 17.0 Å². The molecule has 1 saturated heterocycles. The van der Waals surface area contributed by atoms with Crippen LogP contribution in [0, 0.1) is 0 Å². The van der Waals surface area contributed by atoms with Gasteiger partial charge in [0.1, 0.15) is 5.54 Å². The zero-order valence-electron chi connectivity index (χ0n) is 14.8. The first-order valence-corrected chi connectivity index (χ1v) is 9.30. The molecular formula is C18H15ClF3N3O2S. The Hall–Kier alpha value is -2.26. The molecule has 5 nitrogen and oxygen atoms in total. The molecule has 148 valence electrons. The molecule has 10 heteroatoms. The Morgan fingerprint density at radius 1 is 1.14 bits per heavy atom. The summed E-state index contributed by atoms with van der Waals surface area (Å²) in [6.07, 6.45) is 3.17. The molecule has 3 amide bonds. The van der Waals surface area contributed by atoms with Crippen LogP contribution in [0.15, 0.2) is 47.6 Å². The molecule has 3 rings (SSSR count). The highest BCUT2D eigenvalue weighted by Crippen LogP contribution is 2.42. The van der Waals surface area contributed by atoms with Gasteiger partial charge in [0.2, 0.25) is 0 Å². The second-order valence-electron chi connectivity index (χ2n) is 6.59. The number of carbonyl (C=O) groups excluding carboxylic acids is 2. The highest BCUT2D eigenvalue weighted by molar-refractivity contribution is 8.00. The number of nitrogens with zero attached hydrogens (tertiary/aromatic N) is 3. The molecule has 0 bridgehead atoms. The number of rotatable bonds is 4. The fourth-order valence-electron chi connectivity index (χ4n) is 2.84. The Labute approximate surface area is 168 Å². The summed E-state index contributed by atoms with van der Waals surface area (Å²) in [7, 11) is 0. The number of urea groups is 1.